The minimum Gasteiger partial charge on any atom is -0.453 e. The van der Waals surface area contributed by atoms with Gasteiger partial charge in [-0.05, 0) is 25.3 Å². The molecule has 1 fully saturated rings. The summed E-state index contributed by atoms with van der Waals surface area (Å²) in [5.74, 6) is -1.24. The van der Waals surface area contributed by atoms with Gasteiger partial charge in [0.1, 0.15) is 0 Å². The number of carbonyl (C=O) groups is 1. The van der Waals surface area contributed by atoms with Crippen LogP contribution in [0.5, 0.6) is 0 Å². The van der Waals surface area contributed by atoms with Crippen LogP contribution in [0.25, 0.3) is 0 Å². The second-order valence-corrected chi connectivity index (χ2v) is 4.31. The number of carbonyl (C=O) groups excluding carboxylic acids is 1. The van der Waals surface area contributed by atoms with Crippen molar-refractivity contribution in [1.82, 2.24) is 0 Å². The largest absolute Gasteiger partial charge is 0.453 e. The Hall–Kier alpha value is -1.13. The normalized spacial score (nSPS) is 25.2. The first-order chi connectivity index (χ1) is 8.64. The molecule has 0 bridgehead atoms. The van der Waals surface area contributed by atoms with Crippen molar-refractivity contribution in [1.29, 1.82) is 0 Å². The molecule has 0 aromatic rings. The Morgan fingerprint density at radius 3 is 2.78 bits per heavy atom. The van der Waals surface area contributed by atoms with Gasteiger partial charge in [-0.1, -0.05) is 12.7 Å². The van der Waals surface area contributed by atoms with Crippen molar-refractivity contribution in [3.63, 3.8) is 0 Å². The third-order valence-electron chi connectivity index (χ3n) is 2.87. The molecule has 4 heteroatoms. The molecule has 1 aliphatic rings. The zero-order chi connectivity index (χ0) is 13.4. The lowest BCUT2D eigenvalue weighted by Gasteiger charge is -2.40. The van der Waals surface area contributed by atoms with Crippen molar-refractivity contribution in [3.8, 4) is 0 Å². The fourth-order valence-corrected chi connectivity index (χ4v) is 2.02. The van der Waals surface area contributed by atoms with E-state index in [2.05, 4.69) is 13.2 Å². The minimum absolute atomic E-state index is 0.360. The molecule has 0 aliphatic carbocycles. The van der Waals surface area contributed by atoms with E-state index in [9.17, 15) is 4.79 Å². The molecule has 0 aromatic heterocycles. The van der Waals surface area contributed by atoms with Crippen LogP contribution >= 0.6 is 0 Å². The first kappa shape index (κ1) is 14.9. The molecule has 1 heterocycles. The van der Waals surface area contributed by atoms with Crippen LogP contribution in [-0.4, -0.2) is 31.1 Å². The van der Waals surface area contributed by atoms with Gasteiger partial charge in [-0.3, -0.25) is 4.79 Å². The highest BCUT2D eigenvalue weighted by Gasteiger charge is 2.43. The van der Waals surface area contributed by atoms with Crippen LogP contribution in [0.15, 0.2) is 25.3 Å². The highest BCUT2D eigenvalue weighted by Crippen LogP contribution is 2.32. The fourth-order valence-electron chi connectivity index (χ4n) is 2.02. The Bertz CT molecular complexity index is 292. The molecule has 0 saturated carbocycles. The van der Waals surface area contributed by atoms with E-state index in [-0.39, 0.29) is 5.97 Å². The average molecular weight is 254 g/mol. The van der Waals surface area contributed by atoms with Crippen molar-refractivity contribution in [3.05, 3.63) is 25.3 Å². The van der Waals surface area contributed by atoms with Gasteiger partial charge in [-0.25, -0.2) is 0 Å². The summed E-state index contributed by atoms with van der Waals surface area (Å²) in [5.41, 5.74) is 0. The third-order valence-corrected chi connectivity index (χ3v) is 2.87. The first-order valence-corrected chi connectivity index (χ1v) is 6.33. The molecule has 0 N–H and O–H groups in total. The van der Waals surface area contributed by atoms with Crippen LogP contribution in [0.4, 0.5) is 0 Å². The molecule has 18 heavy (non-hydrogen) atoms. The average Bonchev–Trinajstić information content (AvgIpc) is 2.37. The van der Waals surface area contributed by atoms with Crippen LogP contribution in [-0.2, 0) is 19.0 Å². The summed E-state index contributed by atoms with van der Waals surface area (Å²) in [7, 11) is 0. The van der Waals surface area contributed by atoms with E-state index in [0.29, 0.717) is 19.6 Å². The number of hydrogen-bond acceptors (Lipinski definition) is 4. The van der Waals surface area contributed by atoms with Gasteiger partial charge in [-0.2, -0.15) is 0 Å². The maximum absolute atomic E-state index is 11.1. The van der Waals surface area contributed by atoms with Gasteiger partial charge in [0.05, 0.1) is 13.2 Å². The second-order valence-electron chi connectivity index (χ2n) is 4.31. The molecule has 2 atom stereocenters. The van der Waals surface area contributed by atoms with E-state index in [1.54, 1.807) is 12.2 Å². The highest BCUT2D eigenvalue weighted by molar-refractivity contribution is 5.66. The Morgan fingerprint density at radius 2 is 2.28 bits per heavy atom. The Balaban J connectivity index is 2.75. The molecule has 0 spiro atoms. The number of hydrogen-bond donors (Lipinski definition) is 0. The molecule has 102 valence electrons. The predicted molar refractivity (Wildman–Crippen MR) is 69.1 cm³/mol. The number of esters is 1. The maximum Gasteiger partial charge on any atom is 0.303 e. The SMILES string of the molecule is C=CCCOC1([C@@H](C=C)OC(C)=O)CCCCO1. The Kier molecular flexibility index (Phi) is 6.09. The lowest BCUT2D eigenvalue weighted by Crippen LogP contribution is -2.50. The second kappa shape index (κ2) is 7.34. The highest BCUT2D eigenvalue weighted by atomic mass is 16.7. The molecular weight excluding hydrogens is 232 g/mol. The van der Waals surface area contributed by atoms with Crippen LogP contribution in [0.3, 0.4) is 0 Å². The van der Waals surface area contributed by atoms with Crippen LogP contribution < -0.4 is 0 Å². The topological polar surface area (TPSA) is 44.8 Å². The summed E-state index contributed by atoms with van der Waals surface area (Å²) < 4.78 is 16.8. The van der Waals surface area contributed by atoms with Gasteiger partial charge in [-0.15, -0.1) is 6.58 Å². The van der Waals surface area contributed by atoms with Gasteiger partial charge in [0, 0.05) is 13.3 Å². The molecule has 0 radical (unpaired) electrons. The third kappa shape index (κ3) is 3.96. The predicted octanol–water partition coefficient (Wildman–Crippen LogP) is 2.59. The minimum atomic E-state index is -0.880. The molecule has 1 rings (SSSR count). The fraction of sp³-hybridized carbons (Fsp3) is 0.643. The molecule has 1 saturated heterocycles. The standard InChI is InChI=1S/C14H22O4/c1-4-6-10-16-14(9-7-8-11-17-14)13(5-2)18-12(3)15/h4-5,13H,1-2,6-11H2,3H3/t13-,14?/m1/s1. The molecule has 4 nitrogen and oxygen atoms in total. The van der Waals surface area contributed by atoms with Gasteiger partial charge in [0.25, 0.3) is 0 Å². The number of ether oxygens (including phenoxy) is 3. The quantitative estimate of drug-likeness (QED) is 0.398. The molecular formula is C14H22O4. The summed E-state index contributed by atoms with van der Waals surface area (Å²) in [6.07, 6.45) is 6.20. The van der Waals surface area contributed by atoms with E-state index in [1.165, 1.54) is 6.92 Å². The van der Waals surface area contributed by atoms with Crippen molar-refractivity contribution in [2.45, 2.75) is 44.5 Å². The number of rotatable bonds is 7. The summed E-state index contributed by atoms with van der Waals surface area (Å²) in [6.45, 7) is 9.84. The first-order valence-electron chi connectivity index (χ1n) is 6.33. The monoisotopic (exact) mass is 254 g/mol. The smallest absolute Gasteiger partial charge is 0.303 e. The Morgan fingerprint density at radius 1 is 1.50 bits per heavy atom. The molecule has 1 aliphatic heterocycles. The van der Waals surface area contributed by atoms with Crippen LogP contribution in [0.1, 0.15) is 32.6 Å². The van der Waals surface area contributed by atoms with Gasteiger partial charge < -0.3 is 14.2 Å². The van der Waals surface area contributed by atoms with Crippen LogP contribution in [0, 0.1) is 0 Å². The van der Waals surface area contributed by atoms with Gasteiger partial charge >= 0.3 is 5.97 Å². The van der Waals surface area contributed by atoms with Gasteiger partial charge in [0.15, 0.2) is 6.10 Å². The summed E-state index contributed by atoms with van der Waals surface area (Å²) in [6, 6.07) is 0. The van der Waals surface area contributed by atoms with Crippen molar-refractivity contribution >= 4 is 5.97 Å². The van der Waals surface area contributed by atoms with E-state index in [0.717, 1.165) is 19.3 Å². The van der Waals surface area contributed by atoms with E-state index in [1.807, 2.05) is 0 Å². The molecule has 0 amide bonds. The van der Waals surface area contributed by atoms with Crippen molar-refractivity contribution in [2.24, 2.45) is 0 Å². The van der Waals surface area contributed by atoms with Crippen LogP contribution in [0.2, 0.25) is 0 Å². The van der Waals surface area contributed by atoms with E-state index in [4.69, 9.17) is 14.2 Å². The zero-order valence-corrected chi connectivity index (χ0v) is 11.0. The van der Waals surface area contributed by atoms with Crippen molar-refractivity contribution < 1.29 is 19.0 Å². The molecule has 1 unspecified atom stereocenters. The van der Waals surface area contributed by atoms with Crippen molar-refractivity contribution in [2.75, 3.05) is 13.2 Å². The summed E-state index contributed by atoms with van der Waals surface area (Å²) >= 11 is 0. The maximum atomic E-state index is 11.1. The molecule has 0 aromatic carbocycles. The lowest BCUT2D eigenvalue weighted by atomic mass is 9.99. The Labute approximate surface area is 109 Å². The van der Waals surface area contributed by atoms with E-state index < -0.39 is 11.9 Å². The van der Waals surface area contributed by atoms with Gasteiger partial charge in [0.2, 0.25) is 5.79 Å². The summed E-state index contributed by atoms with van der Waals surface area (Å²) in [5, 5.41) is 0. The van der Waals surface area contributed by atoms with E-state index >= 15 is 0 Å². The zero-order valence-electron chi connectivity index (χ0n) is 11.0. The lowest BCUT2D eigenvalue weighted by molar-refractivity contribution is -0.291. The summed E-state index contributed by atoms with van der Waals surface area (Å²) in [4.78, 5) is 11.1.